The third kappa shape index (κ3) is 7.69. The first-order valence-electron chi connectivity index (χ1n) is 13.3. The molecule has 1 aliphatic carbocycles. The molecule has 1 heterocycles. The number of nitrogens with zero attached hydrogens (tertiary/aromatic N) is 1. The van der Waals surface area contributed by atoms with Crippen LogP contribution >= 0.6 is 0 Å². The number of amides is 1. The number of hydrogen-bond acceptors (Lipinski definition) is 7. The molecule has 2 N–H and O–H groups in total. The van der Waals surface area contributed by atoms with E-state index in [1.54, 1.807) is 12.1 Å². The van der Waals surface area contributed by atoms with Gasteiger partial charge in [-0.1, -0.05) is 43.2 Å². The van der Waals surface area contributed by atoms with Gasteiger partial charge in [-0.3, -0.25) is 0 Å². The molecular formula is C28H38N2O7S. The zero-order valence-corrected chi connectivity index (χ0v) is 22.6. The van der Waals surface area contributed by atoms with Gasteiger partial charge >= 0.3 is 6.09 Å². The second-order valence-electron chi connectivity index (χ2n) is 10.0. The van der Waals surface area contributed by atoms with Crippen LogP contribution < -0.4 is 10.1 Å². The lowest BCUT2D eigenvalue weighted by atomic mass is 10.0. The Bertz CT molecular complexity index is 1120. The smallest absolute Gasteiger partial charge is 0.407 e. The van der Waals surface area contributed by atoms with E-state index >= 15 is 0 Å². The Labute approximate surface area is 225 Å². The predicted octanol–water partition coefficient (Wildman–Crippen LogP) is 3.36. The summed E-state index contributed by atoms with van der Waals surface area (Å²) in [5, 5.41) is 14.2. The van der Waals surface area contributed by atoms with Crippen molar-refractivity contribution in [3.8, 4) is 5.75 Å². The van der Waals surface area contributed by atoms with Crippen molar-refractivity contribution in [2.75, 3.05) is 33.4 Å². The highest BCUT2D eigenvalue weighted by Crippen LogP contribution is 2.29. The third-order valence-electron chi connectivity index (χ3n) is 7.25. The van der Waals surface area contributed by atoms with Crippen LogP contribution in [-0.4, -0.2) is 75.6 Å². The second kappa shape index (κ2) is 13.4. The van der Waals surface area contributed by atoms with Crippen LogP contribution in [0.15, 0.2) is 59.5 Å². The van der Waals surface area contributed by atoms with Crippen LogP contribution in [0.25, 0.3) is 0 Å². The molecule has 10 heteroatoms. The zero-order valence-electron chi connectivity index (χ0n) is 21.8. The minimum Gasteiger partial charge on any atom is -0.497 e. The topological polar surface area (TPSA) is 114 Å². The Balaban J connectivity index is 1.54. The summed E-state index contributed by atoms with van der Waals surface area (Å²) in [6.45, 7) is 1.03. The molecule has 2 aromatic carbocycles. The van der Waals surface area contributed by atoms with Crippen molar-refractivity contribution in [3.63, 3.8) is 0 Å². The average Bonchev–Trinajstić information content (AvgIpc) is 3.63. The summed E-state index contributed by atoms with van der Waals surface area (Å²) in [7, 11) is -2.38. The molecule has 1 saturated heterocycles. The van der Waals surface area contributed by atoms with Gasteiger partial charge in [0.2, 0.25) is 10.0 Å². The fourth-order valence-corrected chi connectivity index (χ4v) is 6.61. The molecule has 1 saturated carbocycles. The fraction of sp³-hybridized carbons (Fsp3) is 0.536. The molecule has 2 aliphatic rings. The summed E-state index contributed by atoms with van der Waals surface area (Å²) in [5.74, 6) is 0.785. The van der Waals surface area contributed by atoms with E-state index in [-0.39, 0.29) is 23.5 Å². The van der Waals surface area contributed by atoms with Gasteiger partial charge in [-0.05, 0) is 55.0 Å². The van der Waals surface area contributed by atoms with Crippen LogP contribution in [0.5, 0.6) is 5.75 Å². The minimum atomic E-state index is -3.90. The molecule has 208 valence electrons. The first kappa shape index (κ1) is 28.4. The molecule has 1 aliphatic heterocycles. The maximum Gasteiger partial charge on any atom is 0.407 e. The number of carbonyl (C=O) groups is 1. The van der Waals surface area contributed by atoms with Crippen LogP contribution in [0.2, 0.25) is 0 Å². The average molecular weight is 547 g/mol. The van der Waals surface area contributed by atoms with E-state index in [0.717, 1.165) is 31.2 Å². The molecular weight excluding hydrogens is 508 g/mol. The van der Waals surface area contributed by atoms with Gasteiger partial charge in [0.05, 0.1) is 37.4 Å². The maximum atomic E-state index is 13.7. The van der Waals surface area contributed by atoms with Gasteiger partial charge in [0.15, 0.2) is 0 Å². The molecule has 3 unspecified atom stereocenters. The van der Waals surface area contributed by atoms with Gasteiger partial charge in [0, 0.05) is 19.5 Å². The number of nitrogens with one attached hydrogen (secondary N) is 1. The summed E-state index contributed by atoms with van der Waals surface area (Å²) in [4.78, 5) is 12.8. The lowest BCUT2D eigenvalue weighted by Gasteiger charge is -2.31. The van der Waals surface area contributed by atoms with Crippen LogP contribution in [0.4, 0.5) is 4.79 Å². The van der Waals surface area contributed by atoms with Crippen molar-refractivity contribution in [1.82, 2.24) is 9.62 Å². The van der Waals surface area contributed by atoms with E-state index in [0.29, 0.717) is 38.3 Å². The third-order valence-corrected chi connectivity index (χ3v) is 9.10. The molecule has 1 amide bonds. The number of methoxy groups -OCH3 is 1. The maximum absolute atomic E-state index is 13.7. The fourth-order valence-electron chi connectivity index (χ4n) is 5.08. The quantitative estimate of drug-likeness (QED) is 0.420. The molecule has 0 spiro atoms. The van der Waals surface area contributed by atoms with Gasteiger partial charge in [0.25, 0.3) is 0 Å². The summed E-state index contributed by atoms with van der Waals surface area (Å²) >= 11 is 0. The molecule has 0 bridgehead atoms. The number of rotatable bonds is 12. The van der Waals surface area contributed by atoms with E-state index in [1.807, 2.05) is 30.3 Å². The van der Waals surface area contributed by atoms with Crippen molar-refractivity contribution in [2.45, 2.75) is 61.7 Å². The Hall–Kier alpha value is -2.66. The van der Waals surface area contributed by atoms with Crippen molar-refractivity contribution in [3.05, 3.63) is 60.2 Å². The lowest BCUT2D eigenvalue weighted by Crippen LogP contribution is -2.51. The highest BCUT2D eigenvalue weighted by Gasteiger charge is 2.34. The molecule has 2 fully saturated rings. The standard InChI is InChI=1S/C28H38N2O7S/c1-35-23-11-13-25(14-12-23)38(33,34)30(18-22-9-5-6-10-22)19-27(31)26(17-21-7-3-2-4-8-21)29-28(32)37-24-15-16-36-20-24/h2-4,7-8,11-14,22,24,26-27,31H,5-6,9-10,15-20H2,1H3,(H,29,32). The predicted molar refractivity (Wildman–Crippen MR) is 142 cm³/mol. The Morgan fingerprint density at radius 1 is 1.11 bits per heavy atom. The Morgan fingerprint density at radius 2 is 1.82 bits per heavy atom. The van der Waals surface area contributed by atoms with Gasteiger partial charge in [0.1, 0.15) is 11.9 Å². The van der Waals surface area contributed by atoms with E-state index < -0.39 is 28.3 Å². The number of benzene rings is 2. The summed E-state index contributed by atoms with van der Waals surface area (Å²) in [6.07, 6.45) is 2.82. The number of carbonyl (C=O) groups excluding carboxylic acids is 1. The number of hydrogen-bond donors (Lipinski definition) is 2. The van der Waals surface area contributed by atoms with Crippen LogP contribution in [0, 0.1) is 5.92 Å². The van der Waals surface area contributed by atoms with Crippen molar-refractivity contribution >= 4 is 16.1 Å². The number of ether oxygens (including phenoxy) is 3. The van der Waals surface area contributed by atoms with Crippen molar-refractivity contribution < 1.29 is 32.5 Å². The monoisotopic (exact) mass is 546 g/mol. The molecule has 0 aromatic heterocycles. The normalized spacial score (nSPS) is 19.8. The van der Waals surface area contributed by atoms with Crippen molar-refractivity contribution in [1.29, 1.82) is 0 Å². The highest BCUT2D eigenvalue weighted by atomic mass is 32.2. The molecule has 0 radical (unpaired) electrons. The molecule has 9 nitrogen and oxygen atoms in total. The van der Waals surface area contributed by atoms with E-state index in [1.165, 1.54) is 23.5 Å². The van der Waals surface area contributed by atoms with Gasteiger partial charge in [-0.2, -0.15) is 4.31 Å². The number of sulfonamides is 1. The number of aliphatic hydroxyl groups excluding tert-OH is 1. The van der Waals surface area contributed by atoms with Crippen molar-refractivity contribution in [2.24, 2.45) is 5.92 Å². The van der Waals surface area contributed by atoms with E-state index in [2.05, 4.69) is 5.32 Å². The summed E-state index contributed by atoms with van der Waals surface area (Å²) < 4.78 is 44.8. The van der Waals surface area contributed by atoms with Gasteiger partial charge < -0.3 is 24.6 Å². The highest BCUT2D eigenvalue weighted by molar-refractivity contribution is 7.89. The van der Waals surface area contributed by atoms with Crippen LogP contribution in [-0.2, 0) is 25.9 Å². The van der Waals surface area contributed by atoms with Gasteiger partial charge in [-0.15, -0.1) is 0 Å². The minimum absolute atomic E-state index is 0.136. The number of alkyl carbamates (subject to hydrolysis) is 1. The summed E-state index contributed by atoms with van der Waals surface area (Å²) in [5.41, 5.74) is 0.904. The SMILES string of the molecule is COc1ccc(S(=O)(=O)N(CC2CCCC2)CC(O)C(Cc2ccccc2)NC(=O)OC2CCOC2)cc1. The Morgan fingerprint density at radius 3 is 2.45 bits per heavy atom. The Kier molecular flexibility index (Phi) is 10.0. The molecule has 3 atom stereocenters. The summed E-state index contributed by atoms with van der Waals surface area (Å²) in [6, 6.07) is 15.0. The van der Waals surface area contributed by atoms with E-state index in [9.17, 15) is 18.3 Å². The first-order chi connectivity index (χ1) is 18.3. The lowest BCUT2D eigenvalue weighted by molar-refractivity contribution is 0.0641. The van der Waals surface area contributed by atoms with Crippen LogP contribution in [0.1, 0.15) is 37.7 Å². The first-order valence-corrected chi connectivity index (χ1v) is 14.7. The number of aliphatic hydroxyl groups is 1. The second-order valence-corrected chi connectivity index (χ2v) is 12.0. The van der Waals surface area contributed by atoms with Gasteiger partial charge in [-0.25, -0.2) is 13.2 Å². The van der Waals surface area contributed by atoms with E-state index in [4.69, 9.17) is 14.2 Å². The zero-order chi connectivity index (χ0) is 27.0. The largest absolute Gasteiger partial charge is 0.497 e. The molecule has 38 heavy (non-hydrogen) atoms. The van der Waals surface area contributed by atoms with Crippen LogP contribution in [0.3, 0.4) is 0 Å². The molecule has 2 aromatic rings. The molecule has 4 rings (SSSR count).